The van der Waals surface area contributed by atoms with Gasteiger partial charge in [-0.05, 0) is 42.4 Å². The predicted octanol–water partition coefficient (Wildman–Crippen LogP) is 4.35. The van der Waals surface area contributed by atoms with Crippen molar-refractivity contribution in [2.24, 2.45) is 0 Å². The van der Waals surface area contributed by atoms with Gasteiger partial charge in [0.2, 0.25) is 5.16 Å². The van der Waals surface area contributed by atoms with Crippen LogP contribution in [0.15, 0.2) is 53.7 Å². The summed E-state index contributed by atoms with van der Waals surface area (Å²) in [5.74, 6) is 1.12. The molecule has 0 saturated heterocycles. The minimum atomic E-state index is -0.339. The summed E-state index contributed by atoms with van der Waals surface area (Å²) in [4.78, 5) is 12.5. The van der Waals surface area contributed by atoms with Gasteiger partial charge in [-0.2, -0.15) is 0 Å². The lowest BCUT2D eigenvalue weighted by Crippen LogP contribution is -2.38. The Kier molecular flexibility index (Phi) is 7.24. The van der Waals surface area contributed by atoms with E-state index in [0.717, 1.165) is 17.1 Å². The number of nitrogens with zero attached hydrogens (tertiary/aromatic N) is 3. The van der Waals surface area contributed by atoms with Gasteiger partial charge in [-0.15, -0.1) is 10.2 Å². The molecule has 3 aromatic rings. The number of thioether (sulfide) groups is 1. The normalized spacial score (nSPS) is 10.6. The number of hydrogen-bond donors (Lipinski definition) is 2. The Morgan fingerprint density at radius 3 is 2.66 bits per heavy atom. The molecule has 0 fully saturated rings. The van der Waals surface area contributed by atoms with Crippen molar-refractivity contribution < 1.29 is 4.79 Å². The summed E-state index contributed by atoms with van der Waals surface area (Å²) in [6, 6.07) is 15.2. The van der Waals surface area contributed by atoms with E-state index in [1.165, 1.54) is 17.3 Å². The van der Waals surface area contributed by atoms with E-state index < -0.39 is 0 Å². The van der Waals surface area contributed by atoms with Crippen LogP contribution in [0, 0.1) is 6.92 Å². The Hall–Kier alpha value is -2.42. The van der Waals surface area contributed by atoms with Gasteiger partial charge in [-0.1, -0.05) is 66.7 Å². The maximum absolute atomic E-state index is 12.5. The van der Waals surface area contributed by atoms with Crippen molar-refractivity contribution in [1.29, 1.82) is 0 Å². The van der Waals surface area contributed by atoms with Crippen molar-refractivity contribution >= 4 is 46.6 Å². The fourth-order valence-corrected chi connectivity index (χ4v) is 3.73. The smallest absolute Gasteiger partial charge is 0.257 e. The van der Waals surface area contributed by atoms with Gasteiger partial charge in [0, 0.05) is 22.8 Å². The Bertz CT molecular complexity index is 1020. The molecule has 0 spiro atoms. The molecule has 0 unspecified atom stereocenters. The molecule has 9 heteroatoms. The van der Waals surface area contributed by atoms with Crippen LogP contribution in [-0.4, -0.2) is 25.9 Å². The quantitative estimate of drug-likeness (QED) is 0.434. The topological polar surface area (TPSA) is 71.8 Å². The van der Waals surface area contributed by atoms with Crippen molar-refractivity contribution in [2.75, 3.05) is 5.43 Å². The van der Waals surface area contributed by atoms with E-state index in [9.17, 15) is 4.79 Å². The molecule has 2 N–H and O–H groups in total. The number of nitrogens with one attached hydrogen (secondary N) is 2. The van der Waals surface area contributed by atoms with Crippen molar-refractivity contribution in [3.63, 3.8) is 0 Å². The molecule has 0 saturated carbocycles. The number of aromatic nitrogens is 3. The summed E-state index contributed by atoms with van der Waals surface area (Å²) < 4.78 is 1.71. The minimum Gasteiger partial charge on any atom is -0.298 e. The second kappa shape index (κ2) is 9.87. The van der Waals surface area contributed by atoms with Gasteiger partial charge in [0.1, 0.15) is 0 Å². The van der Waals surface area contributed by atoms with E-state index in [-0.39, 0.29) is 11.0 Å². The molecular weight excluding hydrogens is 426 g/mol. The first kappa shape index (κ1) is 21.3. The summed E-state index contributed by atoms with van der Waals surface area (Å²) in [6.45, 7) is 3.85. The maximum atomic E-state index is 12.5. The molecule has 0 aliphatic heterocycles. The summed E-state index contributed by atoms with van der Waals surface area (Å²) in [5.41, 5.74) is 5.53. The number of carbonyl (C=O) groups is 1. The molecule has 0 aliphatic rings. The minimum absolute atomic E-state index is 0.155. The number of halogens is 1. The lowest BCUT2D eigenvalue weighted by Gasteiger charge is -2.14. The molecule has 150 valence electrons. The van der Waals surface area contributed by atoms with Crippen LogP contribution in [0.5, 0.6) is 0 Å². The molecule has 1 amide bonds. The number of thiocarbonyl (C=S) groups is 1. The van der Waals surface area contributed by atoms with E-state index in [1.807, 2.05) is 32.0 Å². The summed E-state index contributed by atoms with van der Waals surface area (Å²) in [7, 11) is 0. The highest BCUT2D eigenvalue weighted by Gasteiger charge is 2.15. The van der Waals surface area contributed by atoms with Crippen LogP contribution in [0.2, 0.25) is 5.02 Å². The van der Waals surface area contributed by atoms with E-state index in [1.54, 1.807) is 22.9 Å². The zero-order chi connectivity index (χ0) is 20.8. The Morgan fingerprint density at radius 2 is 1.97 bits per heavy atom. The largest absolute Gasteiger partial charge is 0.298 e. The third-order valence-corrected chi connectivity index (χ3v) is 5.70. The maximum Gasteiger partial charge on any atom is 0.257 e. The van der Waals surface area contributed by atoms with Crippen LogP contribution in [0.3, 0.4) is 0 Å². The fraction of sp³-hybridized carbons (Fsp3) is 0.200. The van der Waals surface area contributed by atoms with Gasteiger partial charge in [-0.25, -0.2) is 4.68 Å². The monoisotopic (exact) mass is 445 g/mol. The zero-order valence-corrected chi connectivity index (χ0v) is 18.4. The van der Waals surface area contributed by atoms with Crippen LogP contribution >= 0.6 is 35.6 Å². The number of aryl methyl sites for hydroxylation is 2. The number of rotatable bonds is 6. The summed E-state index contributed by atoms with van der Waals surface area (Å²) >= 11 is 13.0. The number of amides is 1. The molecule has 3 rings (SSSR count). The van der Waals surface area contributed by atoms with Crippen LogP contribution in [0.4, 0.5) is 0 Å². The van der Waals surface area contributed by atoms with Crippen LogP contribution in [-0.2, 0) is 12.2 Å². The zero-order valence-electron chi connectivity index (χ0n) is 16.0. The first-order valence-corrected chi connectivity index (χ1v) is 10.7. The van der Waals surface area contributed by atoms with Gasteiger partial charge < -0.3 is 0 Å². The van der Waals surface area contributed by atoms with Crippen LogP contribution in [0.1, 0.15) is 34.2 Å². The molecular formula is C20H20ClN5OS2. The van der Waals surface area contributed by atoms with E-state index in [0.29, 0.717) is 22.2 Å². The van der Waals surface area contributed by atoms with E-state index in [2.05, 4.69) is 33.1 Å². The molecule has 0 radical (unpaired) electrons. The average molecular weight is 446 g/mol. The van der Waals surface area contributed by atoms with Crippen LogP contribution < -0.4 is 10.7 Å². The third kappa shape index (κ3) is 5.56. The lowest BCUT2D eigenvalue weighted by atomic mass is 10.1. The van der Waals surface area contributed by atoms with Crippen molar-refractivity contribution in [3.05, 3.63) is 76.1 Å². The van der Waals surface area contributed by atoms with Gasteiger partial charge in [0.25, 0.3) is 5.91 Å². The van der Waals surface area contributed by atoms with Crippen molar-refractivity contribution in [1.82, 2.24) is 20.2 Å². The van der Waals surface area contributed by atoms with Crippen LogP contribution in [0.25, 0.3) is 0 Å². The second-order valence-corrected chi connectivity index (χ2v) is 7.98. The molecule has 0 aliphatic carbocycles. The average Bonchev–Trinajstić information content (AvgIpc) is 3.10. The molecule has 1 aromatic heterocycles. The van der Waals surface area contributed by atoms with Gasteiger partial charge in [0.15, 0.2) is 10.9 Å². The molecule has 2 aromatic carbocycles. The molecule has 0 bridgehead atoms. The van der Waals surface area contributed by atoms with Gasteiger partial charge in [0.05, 0.1) is 0 Å². The highest BCUT2D eigenvalue weighted by atomic mass is 35.5. The first-order chi connectivity index (χ1) is 14.0. The number of hydrogen-bond acceptors (Lipinski definition) is 5. The standard InChI is InChI=1S/C20H20ClN5OS2/c1-3-17-23-24-20(29-12-14-7-5-4-6-8-14)26(17)25-19(28)22-18(27)15-10-9-13(2)16(21)11-15/h4-11H,3,12H2,1-2H3,(H2,22,25,27,28). The Balaban J connectivity index is 1.68. The van der Waals surface area contributed by atoms with E-state index in [4.69, 9.17) is 23.8 Å². The van der Waals surface area contributed by atoms with Gasteiger partial charge >= 0.3 is 0 Å². The fourth-order valence-electron chi connectivity index (χ4n) is 2.50. The van der Waals surface area contributed by atoms with Crippen molar-refractivity contribution in [2.45, 2.75) is 31.2 Å². The van der Waals surface area contributed by atoms with E-state index >= 15 is 0 Å². The van der Waals surface area contributed by atoms with Gasteiger partial charge in [-0.3, -0.25) is 15.5 Å². The predicted molar refractivity (Wildman–Crippen MR) is 121 cm³/mol. The Morgan fingerprint density at radius 1 is 1.21 bits per heavy atom. The second-order valence-electron chi connectivity index (χ2n) is 6.22. The van der Waals surface area contributed by atoms with Crippen molar-refractivity contribution in [3.8, 4) is 0 Å². The molecule has 29 heavy (non-hydrogen) atoms. The number of carbonyl (C=O) groups excluding carboxylic acids is 1. The third-order valence-electron chi connectivity index (χ3n) is 4.10. The lowest BCUT2D eigenvalue weighted by molar-refractivity contribution is 0.0977. The molecule has 1 heterocycles. The number of benzene rings is 2. The first-order valence-electron chi connectivity index (χ1n) is 8.97. The SMILES string of the molecule is CCc1nnc(SCc2ccccc2)n1NC(=S)NC(=O)c1ccc(C)c(Cl)c1. The molecule has 6 nitrogen and oxygen atoms in total. The summed E-state index contributed by atoms with van der Waals surface area (Å²) in [6.07, 6.45) is 0.663. The highest BCUT2D eigenvalue weighted by Crippen LogP contribution is 2.21. The highest BCUT2D eigenvalue weighted by molar-refractivity contribution is 7.98. The summed E-state index contributed by atoms with van der Waals surface area (Å²) in [5, 5.41) is 12.5. The Labute approximate surface area is 184 Å². The molecule has 0 atom stereocenters.